The Morgan fingerprint density at radius 1 is 1.26 bits per heavy atom. The van der Waals surface area contributed by atoms with Crippen molar-refractivity contribution >= 4 is 61.6 Å². The normalized spacial score (nSPS) is 11.3. The Hall–Kier alpha value is -2.93. The summed E-state index contributed by atoms with van der Waals surface area (Å²) in [5.74, 6) is -1.31. The minimum atomic E-state index is -2.81. The first-order chi connectivity index (χ1) is 14.8. The molecule has 0 saturated carbocycles. The molecule has 158 valence electrons. The molecule has 0 spiro atoms. The van der Waals surface area contributed by atoms with Crippen LogP contribution in [0.15, 0.2) is 42.6 Å². The van der Waals surface area contributed by atoms with Gasteiger partial charge in [-0.25, -0.2) is 13.8 Å². The first-order valence-corrected chi connectivity index (χ1v) is 10.8. The number of halogens is 3. The largest absolute Gasteiger partial charge is 0.365 e. The fourth-order valence-electron chi connectivity index (χ4n) is 3.21. The Morgan fingerprint density at radius 3 is 2.55 bits per heavy atom. The molecule has 0 fully saturated rings. The molecule has 3 N–H and O–H groups in total. The fraction of sp³-hybridized carbons (Fsp3) is 0.100. The van der Waals surface area contributed by atoms with Crippen molar-refractivity contribution < 1.29 is 18.4 Å². The maximum absolute atomic E-state index is 13.5. The monoisotopic (exact) mass is 553 g/mol. The number of hydrogen-bond donors (Lipinski definition) is 2. The van der Waals surface area contributed by atoms with Gasteiger partial charge in [0, 0.05) is 12.4 Å². The minimum absolute atomic E-state index is 0.0247. The molecule has 0 bridgehead atoms. The number of aryl methyl sites for hydroxylation is 1. The summed E-state index contributed by atoms with van der Waals surface area (Å²) in [6.07, 6.45) is -1.28. The molecule has 4 aromatic rings. The topological polar surface area (TPSA) is 103 Å². The maximum atomic E-state index is 13.5. The Labute approximate surface area is 192 Å². The van der Waals surface area contributed by atoms with Crippen LogP contribution in [0.1, 0.15) is 32.3 Å². The molecule has 3 aromatic heterocycles. The molecule has 4 rings (SSSR count). The van der Waals surface area contributed by atoms with Gasteiger partial charge in [0.2, 0.25) is 0 Å². The number of amides is 2. The second kappa shape index (κ2) is 8.30. The van der Waals surface area contributed by atoms with Crippen LogP contribution >= 0.6 is 33.9 Å². The molecule has 1 aromatic carbocycles. The minimum Gasteiger partial charge on any atom is -0.365 e. The summed E-state index contributed by atoms with van der Waals surface area (Å²) in [6, 6.07) is 10.1. The van der Waals surface area contributed by atoms with Gasteiger partial charge >= 0.3 is 0 Å². The van der Waals surface area contributed by atoms with Crippen molar-refractivity contribution in [3.05, 3.63) is 62.4 Å². The third kappa shape index (κ3) is 3.90. The molecule has 0 aliphatic carbocycles. The van der Waals surface area contributed by atoms with Crippen LogP contribution in [0.4, 0.5) is 14.5 Å². The van der Waals surface area contributed by atoms with E-state index in [2.05, 4.69) is 15.4 Å². The third-order valence-electron chi connectivity index (χ3n) is 4.56. The van der Waals surface area contributed by atoms with Crippen LogP contribution in [0, 0.1) is 3.57 Å². The number of aromatic nitrogens is 3. The number of carbonyl (C=O) groups excluding carboxylic acids is 2. The molecule has 31 heavy (non-hydrogen) atoms. The number of nitrogens with two attached hydrogens (primary N) is 1. The van der Waals surface area contributed by atoms with Crippen LogP contribution in [0.5, 0.6) is 0 Å². The Balaban J connectivity index is 1.98. The molecule has 7 nitrogen and oxygen atoms in total. The first-order valence-electron chi connectivity index (χ1n) is 8.87. The third-order valence-corrected chi connectivity index (χ3v) is 6.45. The van der Waals surface area contributed by atoms with Crippen LogP contribution < -0.4 is 11.1 Å². The molecule has 0 unspecified atom stereocenters. The summed E-state index contributed by atoms with van der Waals surface area (Å²) < 4.78 is 29.0. The number of alkyl halides is 2. The predicted molar refractivity (Wildman–Crippen MR) is 122 cm³/mol. The van der Waals surface area contributed by atoms with Gasteiger partial charge in [-0.15, -0.1) is 11.3 Å². The predicted octanol–water partition coefficient (Wildman–Crippen LogP) is 4.59. The SMILES string of the molecule is Cn1ncc(I)c1C(=O)Nc1c(C(N)=O)sc2nc(C(F)F)cc(-c3ccccc3)c12. The van der Waals surface area contributed by atoms with Gasteiger partial charge in [0.25, 0.3) is 18.2 Å². The molecule has 0 saturated heterocycles. The van der Waals surface area contributed by atoms with E-state index in [1.165, 1.54) is 16.9 Å². The number of carbonyl (C=O) groups is 2. The zero-order chi connectivity index (χ0) is 22.3. The van der Waals surface area contributed by atoms with Gasteiger partial charge in [0.15, 0.2) is 0 Å². The van der Waals surface area contributed by atoms with Crippen molar-refractivity contribution in [3.63, 3.8) is 0 Å². The number of primary amides is 1. The van der Waals surface area contributed by atoms with Gasteiger partial charge in [-0.2, -0.15) is 5.10 Å². The van der Waals surface area contributed by atoms with Crippen LogP contribution in [-0.2, 0) is 7.05 Å². The van der Waals surface area contributed by atoms with E-state index in [1.54, 1.807) is 37.4 Å². The second-order valence-electron chi connectivity index (χ2n) is 6.53. The van der Waals surface area contributed by atoms with E-state index in [4.69, 9.17) is 5.73 Å². The van der Waals surface area contributed by atoms with Crippen LogP contribution in [0.3, 0.4) is 0 Å². The average Bonchev–Trinajstić information content (AvgIpc) is 3.27. The highest BCUT2D eigenvalue weighted by atomic mass is 127. The second-order valence-corrected chi connectivity index (χ2v) is 8.69. The molecule has 11 heteroatoms. The van der Waals surface area contributed by atoms with Gasteiger partial charge in [-0.1, -0.05) is 30.3 Å². The number of pyridine rings is 1. The van der Waals surface area contributed by atoms with Gasteiger partial charge in [-0.05, 0) is 39.8 Å². The lowest BCUT2D eigenvalue weighted by Gasteiger charge is -2.11. The standard InChI is InChI=1S/C20H14F2IN5O2S/c1-28-15(11(23)8-25-28)19(30)27-14-13-10(9-5-3-2-4-6-9)7-12(17(21)22)26-20(13)31-16(14)18(24)29/h2-8,17H,1H3,(H2,24,29)(H,27,30). The highest BCUT2D eigenvalue weighted by Crippen LogP contribution is 2.42. The summed E-state index contributed by atoms with van der Waals surface area (Å²) in [5.41, 5.74) is 6.59. The van der Waals surface area contributed by atoms with Crippen LogP contribution in [0.25, 0.3) is 21.3 Å². The zero-order valence-electron chi connectivity index (χ0n) is 15.9. The smallest absolute Gasteiger partial charge is 0.280 e. The quantitative estimate of drug-likeness (QED) is 0.353. The number of nitrogens with zero attached hydrogens (tertiary/aromatic N) is 3. The molecule has 0 aliphatic heterocycles. The van der Waals surface area contributed by atoms with Gasteiger partial charge < -0.3 is 11.1 Å². The molecule has 0 atom stereocenters. The summed E-state index contributed by atoms with van der Waals surface area (Å²) in [7, 11) is 1.61. The lowest BCUT2D eigenvalue weighted by atomic mass is 10.0. The first kappa shape index (κ1) is 21.3. The van der Waals surface area contributed by atoms with Gasteiger partial charge in [0.1, 0.15) is 21.1 Å². The van der Waals surface area contributed by atoms with E-state index in [1.807, 2.05) is 22.6 Å². The van der Waals surface area contributed by atoms with Crippen molar-refractivity contribution in [1.82, 2.24) is 14.8 Å². The van der Waals surface area contributed by atoms with Crippen molar-refractivity contribution in [2.75, 3.05) is 5.32 Å². The van der Waals surface area contributed by atoms with E-state index in [0.29, 0.717) is 20.1 Å². The van der Waals surface area contributed by atoms with E-state index in [0.717, 1.165) is 11.3 Å². The summed E-state index contributed by atoms with van der Waals surface area (Å²) in [4.78, 5) is 29.4. The number of nitrogens with one attached hydrogen (secondary N) is 1. The van der Waals surface area contributed by atoms with E-state index in [-0.39, 0.29) is 21.1 Å². The van der Waals surface area contributed by atoms with Gasteiger partial charge in [0.05, 0.1) is 15.5 Å². The van der Waals surface area contributed by atoms with Crippen LogP contribution in [-0.4, -0.2) is 26.6 Å². The number of benzene rings is 1. The highest BCUT2D eigenvalue weighted by Gasteiger charge is 2.26. The summed E-state index contributed by atoms with van der Waals surface area (Å²) >= 11 is 2.84. The lowest BCUT2D eigenvalue weighted by Crippen LogP contribution is -2.20. The molecular formula is C20H14F2IN5O2S. The molecule has 0 radical (unpaired) electrons. The Morgan fingerprint density at radius 2 is 1.97 bits per heavy atom. The number of hydrogen-bond acceptors (Lipinski definition) is 5. The van der Waals surface area contributed by atoms with E-state index >= 15 is 0 Å². The summed E-state index contributed by atoms with van der Waals surface area (Å²) in [5, 5.41) is 7.16. The van der Waals surface area contributed by atoms with E-state index < -0.39 is 23.9 Å². The summed E-state index contributed by atoms with van der Waals surface area (Å²) in [6.45, 7) is 0. The number of fused-ring (bicyclic) bond motifs is 1. The van der Waals surface area contributed by atoms with E-state index in [9.17, 15) is 18.4 Å². The molecular weight excluding hydrogens is 539 g/mol. The molecule has 2 amide bonds. The van der Waals surface area contributed by atoms with Crippen molar-refractivity contribution in [2.24, 2.45) is 12.8 Å². The van der Waals surface area contributed by atoms with Crippen LogP contribution in [0.2, 0.25) is 0 Å². The zero-order valence-corrected chi connectivity index (χ0v) is 18.9. The fourth-order valence-corrected chi connectivity index (χ4v) is 4.94. The average molecular weight is 553 g/mol. The van der Waals surface area contributed by atoms with Crippen molar-refractivity contribution in [3.8, 4) is 11.1 Å². The molecule has 3 heterocycles. The van der Waals surface area contributed by atoms with Crippen molar-refractivity contribution in [2.45, 2.75) is 6.43 Å². The number of anilines is 1. The number of thiophene rings is 1. The maximum Gasteiger partial charge on any atom is 0.280 e. The Kier molecular flexibility index (Phi) is 5.71. The van der Waals surface area contributed by atoms with Crippen molar-refractivity contribution in [1.29, 1.82) is 0 Å². The van der Waals surface area contributed by atoms with Gasteiger partial charge in [-0.3, -0.25) is 14.3 Å². The Bertz CT molecular complexity index is 1300. The molecule has 0 aliphatic rings. The highest BCUT2D eigenvalue weighted by molar-refractivity contribution is 14.1. The lowest BCUT2D eigenvalue weighted by molar-refractivity contribution is 0.100. The number of rotatable bonds is 5.